The quantitative estimate of drug-likeness (QED) is 0.0261. The Morgan fingerprint density at radius 1 is 0.395 bits per heavy atom. The van der Waals surface area contributed by atoms with E-state index in [4.69, 9.17) is 9.47 Å². The molecule has 1 rings (SSSR count). The Morgan fingerprint density at radius 3 is 1.00 bits per heavy atom. The third-order valence-electron chi connectivity index (χ3n) is 18.8. The van der Waals surface area contributed by atoms with Gasteiger partial charge in [-0.15, -0.1) is 0 Å². The molecule has 6 N–H and O–H groups in total. The SMILES string of the molecule is CCCCCCCCCCCCCCCCC/C=C\C/C=C\CCCCCCCCCCCCCCCCCCCC(=O)NC(COC1OC(CO)C(O)C(O)C1O)C(O)CCCCCCCCCCCCCCCCCCCCCCCCCC. The molecular formula is C77H149NO8. The first kappa shape index (κ1) is 82.7. The first-order valence-electron chi connectivity index (χ1n) is 38.5. The number of carbonyl (C=O) groups excluding carboxylic acids is 1. The van der Waals surface area contributed by atoms with Crippen molar-refractivity contribution < 1.29 is 39.8 Å². The van der Waals surface area contributed by atoms with Crippen LogP contribution in [-0.4, -0.2) is 87.5 Å². The van der Waals surface area contributed by atoms with Gasteiger partial charge in [0, 0.05) is 6.42 Å². The van der Waals surface area contributed by atoms with Crippen molar-refractivity contribution in [3.63, 3.8) is 0 Å². The second-order valence-electron chi connectivity index (χ2n) is 27.2. The monoisotopic (exact) mass is 1220 g/mol. The molecule has 510 valence electrons. The molecule has 0 aliphatic carbocycles. The minimum Gasteiger partial charge on any atom is -0.394 e. The second-order valence-corrected chi connectivity index (χ2v) is 27.2. The number of hydrogen-bond acceptors (Lipinski definition) is 8. The standard InChI is InChI=1S/C77H149NO8/c1-3-5-7-9-11-13-15-17-19-21-23-25-27-29-30-31-32-33-34-35-36-37-38-39-40-41-42-43-45-47-49-51-53-55-57-59-61-63-65-67-73(81)78-70(69-85-77-76(84)75(83)74(82)72(68-79)86-77)71(80)66-64-62-60-58-56-54-52-50-48-46-44-28-26-24-22-20-18-16-14-12-10-8-6-4-2/h32-33,35-36,70-72,74-77,79-80,82-84H,3-31,34,37-69H2,1-2H3,(H,78,81)/b33-32-,36-35-. The first-order valence-corrected chi connectivity index (χ1v) is 38.5. The van der Waals surface area contributed by atoms with E-state index in [0.717, 1.165) is 44.9 Å². The van der Waals surface area contributed by atoms with E-state index < -0.39 is 49.5 Å². The summed E-state index contributed by atoms with van der Waals surface area (Å²) in [7, 11) is 0. The molecular weight excluding hydrogens is 1070 g/mol. The van der Waals surface area contributed by atoms with Crippen LogP contribution in [0.15, 0.2) is 24.3 Å². The lowest BCUT2D eigenvalue weighted by Crippen LogP contribution is -2.60. The summed E-state index contributed by atoms with van der Waals surface area (Å²) in [6.45, 7) is 3.91. The maximum absolute atomic E-state index is 13.2. The number of carbonyl (C=O) groups is 1. The molecule has 1 fully saturated rings. The molecule has 0 spiro atoms. The fourth-order valence-corrected chi connectivity index (χ4v) is 12.8. The molecule has 1 aliphatic rings. The molecule has 0 bridgehead atoms. The zero-order valence-electron chi connectivity index (χ0n) is 57.4. The third-order valence-corrected chi connectivity index (χ3v) is 18.8. The molecule has 1 heterocycles. The van der Waals surface area contributed by atoms with Crippen LogP contribution in [0, 0.1) is 0 Å². The molecule has 0 aromatic carbocycles. The first-order chi connectivity index (χ1) is 42.3. The highest BCUT2D eigenvalue weighted by Gasteiger charge is 2.44. The Bertz CT molecular complexity index is 1410. The molecule has 9 heteroatoms. The Balaban J connectivity index is 2.05. The van der Waals surface area contributed by atoms with Gasteiger partial charge < -0.3 is 40.3 Å². The van der Waals surface area contributed by atoms with Crippen LogP contribution in [0.4, 0.5) is 0 Å². The van der Waals surface area contributed by atoms with Crippen molar-refractivity contribution in [1.29, 1.82) is 0 Å². The van der Waals surface area contributed by atoms with Crippen LogP contribution in [-0.2, 0) is 14.3 Å². The normalized spacial score (nSPS) is 18.1. The molecule has 1 amide bonds. The zero-order chi connectivity index (χ0) is 62.1. The van der Waals surface area contributed by atoms with Gasteiger partial charge >= 0.3 is 0 Å². The van der Waals surface area contributed by atoms with E-state index in [2.05, 4.69) is 43.5 Å². The van der Waals surface area contributed by atoms with Crippen LogP contribution in [0.5, 0.6) is 0 Å². The molecule has 0 radical (unpaired) electrons. The number of aliphatic hydroxyl groups excluding tert-OH is 5. The van der Waals surface area contributed by atoms with Crippen LogP contribution in [0.3, 0.4) is 0 Å². The molecule has 7 unspecified atom stereocenters. The number of hydrogen-bond donors (Lipinski definition) is 6. The van der Waals surface area contributed by atoms with Gasteiger partial charge in [-0.05, 0) is 44.9 Å². The lowest BCUT2D eigenvalue weighted by Gasteiger charge is -2.40. The summed E-state index contributed by atoms with van der Waals surface area (Å²) in [4.78, 5) is 13.2. The number of allylic oxidation sites excluding steroid dienone is 4. The van der Waals surface area contributed by atoms with Crippen LogP contribution >= 0.6 is 0 Å². The molecule has 1 aliphatic heterocycles. The smallest absolute Gasteiger partial charge is 0.220 e. The largest absolute Gasteiger partial charge is 0.394 e. The van der Waals surface area contributed by atoms with Crippen molar-refractivity contribution in [2.45, 2.75) is 448 Å². The highest BCUT2D eigenvalue weighted by atomic mass is 16.7. The zero-order valence-corrected chi connectivity index (χ0v) is 57.4. The fraction of sp³-hybridized carbons (Fsp3) is 0.935. The van der Waals surface area contributed by atoms with E-state index in [1.807, 2.05) is 0 Å². The van der Waals surface area contributed by atoms with E-state index in [9.17, 15) is 30.3 Å². The lowest BCUT2D eigenvalue weighted by molar-refractivity contribution is -0.302. The van der Waals surface area contributed by atoms with E-state index in [-0.39, 0.29) is 12.5 Å². The van der Waals surface area contributed by atoms with E-state index in [1.54, 1.807) is 0 Å². The summed E-state index contributed by atoms with van der Waals surface area (Å²) in [5.74, 6) is -0.136. The Kier molecular flexibility index (Phi) is 64.0. The number of rotatable bonds is 69. The van der Waals surface area contributed by atoms with Crippen molar-refractivity contribution in [3.05, 3.63) is 24.3 Å². The average molecular weight is 1220 g/mol. The van der Waals surface area contributed by atoms with E-state index in [0.29, 0.717) is 12.8 Å². The van der Waals surface area contributed by atoms with Gasteiger partial charge in [-0.3, -0.25) is 4.79 Å². The number of amides is 1. The summed E-state index contributed by atoms with van der Waals surface area (Å²) in [6, 6.07) is -0.719. The Labute approximate surface area is 534 Å². The van der Waals surface area contributed by atoms with Crippen LogP contribution in [0.1, 0.15) is 406 Å². The Hall–Kier alpha value is -1.33. The fourth-order valence-electron chi connectivity index (χ4n) is 12.8. The number of aliphatic hydroxyl groups is 5. The number of unbranched alkanes of at least 4 members (excludes halogenated alkanes) is 55. The van der Waals surface area contributed by atoms with Gasteiger partial charge in [-0.1, -0.05) is 378 Å². The van der Waals surface area contributed by atoms with Gasteiger partial charge in [0.05, 0.1) is 25.4 Å². The number of ether oxygens (including phenoxy) is 2. The van der Waals surface area contributed by atoms with Gasteiger partial charge in [0.25, 0.3) is 0 Å². The summed E-state index contributed by atoms with van der Waals surface area (Å²) < 4.78 is 11.4. The summed E-state index contributed by atoms with van der Waals surface area (Å²) in [5, 5.41) is 55.0. The average Bonchev–Trinajstić information content (AvgIpc) is 3.55. The summed E-state index contributed by atoms with van der Waals surface area (Å²) >= 11 is 0. The number of nitrogens with one attached hydrogen (secondary N) is 1. The van der Waals surface area contributed by atoms with Crippen molar-refractivity contribution >= 4 is 5.91 Å². The van der Waals surface area contributed by atoms with Crippen molar-refractivity contribution in [1.82, 2.24) is 5.32 Å². The maximum Gasteiger partial charge on any atom is 0.220 e. The topological polar surface area (TPSA) is 149 Å². The van der Waals surface area contributed by atoms with Crippen molar-refractivity contribution in [2.24, 2.45) is 0 Å². The van der Waals surface area contributed by atoms with Crippen LogP contribution in [0.2, 0.25) is 0 Å². The predicted octanol–water partition coefficient (Wildman–Crippen LogP) is 21.6. The van der Waals surface area contributed by atoms with Crippen molar-refractivity contribution in [3.8, 4) is 0 Å². The van der Waals surface area contributed by atoms with Crippen LogP contribution < -0.4 is 5.32 Å². The molecule has 7 atom stereocenters. The highest BCUT2D eigenvalue weighted by molar-refractivity contribution is 5.76. The second kappa shape index (κ2) is 66.6. The predicted molar refractivity (Wildman–Crippen MR) is 369 cm³/mol. The Morgan fingerprint density at radius 2 is 0.686 bits per heavy atom. The molecule has 0 aromatic heterocycles. The molecule has 0 aromatic rings. The van der Waals surface area contributed by atoms with Gasteiger partial charge in [-0.2, -0.15) is 0 Å². The van der Waals surface area contributed by atoms with E-state index >= 15 is 0 Å². The minimum absolute atomic E-state index is 0.133. The molecule has 9 nitrogen and oxygen atoms in total. The van der Waals surface area contributed by atoms with Gasteiger partial charge in [0.2, 0.25) is 5.91 Å². The third kappa shape index (κ3) is 54.4. The van der Waals surface area contributed by atoms with Gasteiger partial charge in [-0.25, -0.2) is 0 Å². The lowest BCUT2D eigenvalue weighted by atomic mass is 9.99. The van der Waals surface area contributed by atoms with Crippen molar-refractivity contribution in [2.75, 3.05) is 13.2 Å². The minimum atomic E-state index is -1.55. The molecule has 1 saturated heterocycles. The highest BCUT2D eigenvalue weighted by Crippen LogP contribution is 2.24. The van der Waals surface area contributed by atoms with E-state index in [1.165, 1.54) is 334 Å². The van der Waals surface area contributed by atoms with Crippen LogP contribution in [0.25, 0.3) is 0 Å². The summed E-state index contributed by atoms with van der Waals surface area (Å²) in [6.07, 6.45) is 81.4. The maximum atomic E-state index is 13.2. The summed E-state index contributed by atoms with van der Waals surface area (Å²) in [5.41, 5.74) is 0. The van der Waals surface area contributed by atoms with Gasteiger partial charge in [0.15, 0.2) is 6.29 Å². The molecule has 86 heavy (non-hydrogen) atoms. The van der Waals surface area contributed by atoms with Gasteiger partial charge in [0.1, 0.15) is 24.4 Å². The molecule has 0 saturated carbocycles.